The summed E-state index contributed by atoms with van der Waals surface area (Å²) < 4.78 is 0. The molecule has 0 aliphatic rings. The first-order valence-electron chi connectivity index (χ1n) is 10.8. The predicted octanol–water partition coefficient (Wildman–Crippen LogP) is 2.23. The van der Waals surface area contributed by atoms with E-state index in [1.54, 1.807) is 0 Å². The van der Waals surface area contributed by atoms with Crippen molar-refractivity contribution in [3.63, 3.8) is 0 Å². The molecule has 1 aromatic heterocycles. The zero-order valence-corrected chi connectivity index (χ0v) is 19.4. The van der Waals surface area contributed by atoms with Crippen LogP contribution < -0.4 is 5.32 Å². The minimum absolute atomic E-state index is 0.0567. The summed E-state index contributed by atoms with van der Waals surface area (Å²) in [5.41, 5.74) is 0.983. The van der Waals surface area contributed by atoms with Crippen molar-refractivity contribution in [1.29, 1.82) is 5.26 Å². The number of nitrogens with one attached hydrogen (secondary N) is 1. The molecule has 2 amide bonds. The van der Waals surface area contributed by atoms with Crippen molar-refractivity contribution < 1.29 is 14.4 Å². The van der Waals surface area contributed by atoms with Gasteiger partial charge in [-0.2, -0.15) is 5.26 Å². The number of nitrogens with zero attached hydrogens (tertiary/aromatic N) is 5. The van der Waals surface area contributed by atoms with Crippen LogP contribution >= 0.6 is 0 Å². The van der Waals surface area contributed by atoms with Gasteiger partial charge in [0.1, 0.15) is 5.69 Å². The number of hydrogen-bond acceptors (Lipinski definition) is 7. The van der Waals surface area contributed by atoms with Gasteiger partial charge in [0.15, 0.2) is 12.0 Å². The Morgan fingerprint density at radius 2 is 1.82 bits per heavy atom. The number of aromatic nitrogens is 2. The van der Waals surface area contributed by atoms with E-state index in [-0.39, 0.29) is 36.1 Å². The van der Waals surface area contributed by atoms with Crippen molar-refractivity contribution in [3.8, 4) is 6.19 Å². The van der Waals surface area contributed by atoms with E-state index in [9.17, 15) is 14.4 Å². The smallest absolute Gasteiger partial charge is 0.272 e. The quantitative estimate of drug-likeness (QED) is 0.317. The van der Waals surface area contributed by atoms with Crippen LogP contribution in [0, 0.1) is 23.3 Å². The first-order valence-corrected chi connectivity index (χ1v) is 10.8. The van der Waals surface area contributed by atoms with E-state index in [1.165, 1.54) is 37.7 Å². The lowest BCUT2D eigenvalue weighted by atomic mass is 9.88. The van der Waals surface area contributed by atoms with Crippen molar-refractivity contribution in [2.24, 2.45) is 11.8 Å². The van der Waals surface area contributed by atoms with E-state index in [2.05, 4.69) is 15.3 Å². The van der Waals surface area contributed by atoms with Gasteiger partial charge in [0.25, 0.3) is 5.91 Å². The standard InChI is InChI=1S/C24H30N6O3/c1-17(2)12-19(24(33)30(4)29(3)16-25)14-22(31)20(13-18-8-6-5-7-9-18)28-23(32)21-15-26-10-11-27-21/h5-11,15,17,19-20H,12-14H2,1-4H3,(H,28,32)/t19-,20+/m1/s1. The molecule has 1 aromatic carbocycles. The molecule has 0 aliphatic carbocycles. The molecule has 2 atom stereocenters. The highest BCUT2D eigenvalue weighted by Gasteiger charge is 2.31. The summed E-state index contributed by atoms with van der Waals surface area (Å²) in [6.07, 6.45) is 6.78. The fourth-order valence-electron chi connectivity index (χ4n) is 3.45. The van der Waals surface area contributed by atoms with Gasteiger partial charge in [0.2, 0.25) is 5.91 Å². The molecule has 0 saturated carbocycles. The van der Waals surface area contributed by atoms with Gasteiger partial charge >= 0.3 is 0 Å². The Balaban J connectivity index is 2.25. The van der Waals surface area contributed by atoms with Crippen LogP contribution in [0.5, 0.6) is 0 Å². The van der Waals surface area contributed by atoms with Crippen molar-refractivity contribution in [1.82, 2.24) is 25.3 Å². The lowest BCUT2D eigenvalue weighted by Gasteiger charge is -2.29. The normalized spacial score (nSPS) is 12.4. The summed E-state index contributed by atoms with van der Waals surface area (Å²) in [6, 6.07) is 8.50. The van der Waals surface area contributed by atoms with Gasteiger partial charge in [-0.25, -0.2) is 15.0 Å². The van der Waals surface area contributed by atoms with E-state index >= 15 is 0 Å². The third-order valence-corrected chi connectivity index (χ3v) is 5.24. The van der Waals surface area contributed by atoms with Gasteiger partial charge in [0.05, 0.1) is 12.2 Å². The predicted molar refractivity (Wildman–Crippen MR) is 122 cm³/mol. The number of hydrazine groups is 1. The Morgan fingerprint density at radius 1 is 1.12 bits per heavy atom. The molecule has 2 aromatic rings. The molecular weight excluding hydrogens is 420 g/mol. The lowest BCUT2D eigenvalue weighted by Crippen LogP contribution is -2.46. The van der Waals surface area contributed by atoms with Crippen LogP contribution in [-0.4, -0.2) is 57.7 Å². The molecule has 174 valence electrons. The van der Waals surface area contributed by atoms with Crippen molar-refractivity contribution in [2.45, 2.75) is 39.2 Å². The molecule has 1 N–H and O–H groups in total. The molecule has 9 heteroatoms. The van der Waals surface area contributed by atoms with Gasteiger partial charge in [-0.1, -0.05) is 44.2 Å². The molecule has 2 rings (SSSR count). The summed E-state index contributed by atoms with van der Waals surface area (Å²) in [6.45, 7) is 3.94. The van der Waals surface area contributed by atoms with Crippen LogP contribution in [0.3, 0.4) is 0 Å². The zero-order chi connectivity index (χ0) is 24.4. The van der Waals surface area contributed by atoms with E-state index in [1.807, 2.05) is 50.4 Å². The Bertz CT molecular complexity index is 975. The summed E-state index contributed by atoms with van der Waals surface area (Å²) >= 11 is 0. The third kappa shape index (κ3) is 7.68. The first-order chi connectivity index (χ1) is 15.7. The van der Waals surface area contributed by atoms with E-state index in [4.69, 9.17) is 5.26 Å². The molecule has 9 nitrogen and oxygen atoms in total. The Labute approximate surface area is 194 Å². The average molecular weight is 451 g/mol. The van der Waals surface area contributed by atoms with Gasteiger partial charge in [-0.15, -0.1) is 0 Å². The Hall–Kier alpha value is -3.80. The highest BCUT2D eigenvalue weighted by molar-refractivity contribution is 5.97. The van der Waals surface area contributed by atoms with Gasteiger partial charge in [-0.05, 0) is 24.3 Å². The fourth-order valence-corrected chi connectivity index (χ4v) is 3.45. The lowest BCUT2D eigenvalue weighted by molar-refractivity contribution is -0.146. The number of carbonyl (C=O) groups excluding carboxylic acids is 3. The number of benzene rings is 1. The van der Waals surface area contributed by atoms with Gasteiger partial charge < -0.3 is 5.32 Å². The number of rotatable bonds is 11. The number of nitriles is 1. The van der Waals surface area contributed by atoms with Gasteiger partial charge in [0, 0.05) is 38.8 Å². The minimum atomic E-state index is -0.844. The SMILES string of the molecule is CC(C)C[C@H](CC(=O)[C@H](Cc1ccccc1)NC(=O)c1cnccn1)C(=O)N(C)N(C)C#N. The average Bonchev–Trinajstić information content (AvgIpc) is 2.82. The molecule has 0 unspecified atom stereocenters. The van der Waals surface area contributed by atoms with Crippen LogP contribution in [-0.2, 0) is 16.0 Å². The highest BCUT2D eigenvalue weighted by Crippen LogP contribution is 2.21. The minimum Gasteiger partial charge on any atom is -0.341 e. The second-order valence-corrected chi connectivity index (χ2v) is 8.29. The highest BCUT2D eigenvalue weighted by atomic mass is 16.2. The largest absolute Gasteiger partial charge is 0.341 e. The van der Waals surface area contributed by atoms with E-state index in [0.717, 1.165) is 10.6 Å². The van der Waals surface area contributed by atoms with Crippen molar-refractivity contribution in [3.05, 3.63) is 60.2 Å². The van der Waals surface area contributed by atoms with E-state index in [0.29, 0.717) is 6.42 Å². The topological polar surface area (TPSA) is 119 Å². The maximum Gasteiger partial charge on any atom is 0.272 e. The van der Waals surface area contributed by atoms with Crippen LogP contribution in [0.1, 0.15) is 42.7 Å². The van der Waals surface area contributed by atoms with Crippen LogP contribution in [0.2, 0.25) is 0 Å². The van der Waals surface area contributed by atoms with Crippen molar-refractivity contribution in [2.75, 3.05) is 14.1 Å². The molecule has 0 aliphatic heterocycles. The molecule has 0 saturated heterocycles. The number of ketones is 1. The maximum atomic E-state index is 13.4. The number of amides is 2. The summed E-state index contributed by atoms with van der Waals surface area (Å²) in [7, 11) is 2.98. The monoisotopic (exact) mass is 450 g/mol. The molecule has 0 fully saturated rings. The molecule has 33 heavy (non-hydrogen) atoms. The van der Waals surface area contributed by atoms with Crippen LogP contribution in [0.15, 0.2) is 48.9 Å². The second kappa shape index (κ2) is 12.3. The maximum absolute atomic E-state index is 13.4. The molecule has 0 spiro atoms. The first kappa shape index (κ1) is 25.5. The molecule has 0 bridgehead atoms. The number of hydrogen-bond donors (Lipinski definition) is 1. The van der Waals surface area contributed by atoms with Crippen LogP contribution in [0.25, 0.3) is 0 Å². The van der Waals surface area contributed by atoms with Gasteiger partial charge in [-0.3, -0.25) is 19.4 Å². The Kier molecular flexibility index (Phi) is 9.48. The van der Waals surface area contributed by atoms with E-state index < -0.39 is 17.9 Å². The number of Topliss-reactive ketones (excluding diaryl/α,β-unsaturated/α-hetero) is 1. The number of carbonyl (C=O) groups is 3. The van der Waals surface area contributed by atoms with Crippen molar-refractivity contribution >= 4 is 17.6 Å². The fraction of sp³-hybridized carbons (Fsp3) is 0.417. The summed E-state index contributed by atoms with van der Waals surface area (Å²) in [5, 5.41) is 14.2. The summed E-state index contributed by atoms with van der Waals surface area (Å²) in [4.78, 5) is 47.0. The third-order valence-electron chi connectivity index (χ3n) is 5.24. The molecule has 0 radical (unpaired) electrons. The molecule has 1 heterocycles. The molecular formula is C24H30N6O3. The second-order valence-electron chi connectivity index (χ2n) is 8.29. The summed E-state index contributed by atoms with van der Waals surface area (Å²) in [5.74, 6) is -1.55. The Morgan fingerprint density at radius 3 is 2.39 bits per heavy atom. The zero-order valence-electron chi connectivity index (χ0n) is 19.4. The van der Waals surface area contributed by atoms with Crippen LogP contribution in [0.4, 0.5) is 0 Å².